The van der Waals surface area contributed by atoms with Gasteiger partial charge in [-0.05, 0) is 30.9 Å². The Morgan fingerprint density at radius 2 is 1.67 bits per heavy atom. The number of aryl methyl sites for hydroxylation is 1. The van der Waals surface area contributed by atoms with Crippen molar-refractivity contribution in [1.29, 1.82) is 0 Å². The topological polar surface area (TPSA) is 37.4 Å². The van der Waals surface area contributed by atoms with Crippen molar-refractivity contribution >= 4 is 10.0 Å². The van der Waals surface area contributed by atoms with Crippen LogP contribution in [0.2, 0.25) is 0 Å². The summed E-state index contributed by atoms with van der Waals surface area (Å²) < 4.78 is 27.9. The van der Waals surface area contributed by atoms with Crippen molar-refractivity contribution in [1.82, 2.24) is 4.31 Å². The highest BCUT2D eigenvalue weighted by Crippen LogP contribution is 2.33. The SMILES string of the molecule is Cc1ccc(C2CCCCCN2S(=O)(=O)Cc2ccccc2)cc1. The average molecular weight is 343 g/mol. The van der Waals surface area contributed by atoms with Crippen molar-refractivity contribution in [2.24, 2.45) is 0 Å². The Balaban J connectivity index is 1.90. The summed E-state index contributed by atoms with van der Waals surface area (Å²) in [5, 5.41) is 0. The molecule has 0 aromatic heterocycles. The Bertz CT molecular complexity index is 754. The molecule has 0 spiro atoms. The highest BCUT2D eigenvalue weighted by Gasteiger charge is 2.32. The Kier molecular flexibility index (Phi) is 5.36. The molecule has 1 aliphatic rings. The van der Waals surface area contributed by atoms with Crippen molar-refractivity contribution in [3.63, 3.8) is 0 Å². The van der Waals surface area contributed by atoms with Gasteiger partial charge in [-0.2, -0.15) is 4.31 Å². The van der Waals surface area contributed by atoms with Gasteiger partial charge in [0.05, 0.1) is 5.75 Å². The van der Waals surface area contributed by atoms with Gasteiger partial charge in [-0.1, -0.05) is 73.0 Å². The summed E-state index contributed by atoms with van der Waals surface area (Å²) in [6, 6.07) is 17.7. The predicted molar refractivity (Wildman–Crippen MR) is 98.2 cm³/mol. The van der Waals surface area contributed by atoms with Gasteiger partial charge in [0.15, 0.2) is 0 Å². The standard InChI is InChI=1S/C20H25NO2S/c1-17-11-13-19(14-12-17)20-10-6-3-7-15-21(20)24(22,23)16-18-8-4-2-5-9-18/h2,4-5,8-9,11-14,20H,3,6-7,10,15-16H2,1H3. The fraction of sp³-hybridized carbons (Fsp3) is 0.400. The molecule has 2 aromatic carbocycles. The van der Waals surface area contributed by atoms with Crippen molar-refractivity contribution < 1.29 is 8.42 Å². The summed E-state index contributed by atoms with van der Waals surface area (Å²) >= 11 is 0. The number of sulfonamides is 1. The van der Waals surface area contributed by atoms with Gasteiger partial charge in [0.25, 0.3) is 0 Å². The molecule has 1 aliphatic heterocycles. The minimum atomic E-state index is -3.33. The molecule has 3 nitrogen and oxygen atoms in total. The molecule has 1 unspecified atom stereocenters. The molecule has 0 bridgehead atoms. The fourth-order valence-electron chi connectivity index (χ4n) is 3.40. The van der Waals surface area contributed by atoms with Gasteiger partial charge in [-0.3, -0.25) is 0 Å². The smallest absolute Gasteiger partial charge is 0.212 e. The maximum absolute atomic E-state index is 13.1. The van der Waals surface area contributed by atoms with E-state index in [1.807, 2.05) is 30.3 Å². The quantitative estimate of drug-likeness (QED) is 0.823. The third kappa shape index (κ3) is 4.05. The maximum Gasteiger partial charge on any atom is 0.218 e. The minimum Gasteiger partial charge on any atom is -0.212 e. The first kappa shape index (κ1) is 17.2. The first-order chi connectivity index (χ1) is 11.6. The molecule has 1 fully saturated rings. The first-order valence-electron chi connectivity index (χ1n) is 8.66. The Hall–Kier alpha value is -1.65. The van der Waals surface area contributed by atoms with Crippen LogP contribution in [0.25, 0.3) is 0 Å². The Morgan fingerprint density at radius 1 is 0.958 bits per heavy atom. The van der Waals surface area contributed by atoms with E-state index >= 15 is 0 Å². The van der Waals surface area contributed by atoms with Crippen molar-refractivity contribution in [3.05, 3.63) is 71.3 Å². The molecule has 128 valence electrons. The van der Waals surface area contributed by atoms with E-state index in [1.54, 1.807) is 4.31 Å². The summed E-state index contributed by atoms with van der Waals surface area (Å²) in [6.45, 7) is 2.68. The normalized spacial score (nSPS) is 19.8. The third-order valence-electron chi connectivity index (χ3n) is 4.72. The third-order valence-corrected chi connectivity index (χ3v) is 6.56. The van der Waals surface area contributed by atoms with E-state index in [2.05, 4.69) is 31.2 Å². The molecule has 0 saturated carbocycles. The second kappa shape index (κ2) is 7.49. The van der Waals surface area contributed by atoms with Gasteiger partial charge < -0.3 is 0 Å². The van der Waals surface area contributed by atoms with Crippen molar-refractivity contribution in [3.8, 4) is 0 Å². The number of hydrogen-bond donors (Lipinski definition) is 0. The van der Waals surface area contributed by atoms with Crippen LogP contribution < -0.4 is 0 Å². The van der Waals surface area contributed by atoms with Crippen LogP contribution in [0.3, 0.4) is 0 Å². The van der Waals surface area contributed by atoms with Gasteiger partial charge in [0.2, 0.25) is 10.0 Å². The molecular formula is C20H25NO2S. The Morgan fingerprint density at radius 3 is 2.38 bits per heavy atom. The molecule has 0 N–H and O–H groups in total. The van der Waals surface area contributed by atoms with E-state index in [1.165, 1.54) is 5.56 Å². The zero-order valence-corrected chi connectivity index (χ0v) is 15.0. The molecule has 1 saturated heterocycles. The van der Waals surface area contributed by atoms with Crippen LogP contribution in [0.1, 0.15) is 48.4 Å². The maximum atomic E-state index is 13.1. The molecule has 24 heavy (non-hydrogen) atoms. The molecule has 0 aliphatic carbocycles. The van der Waals surface area contributed by atoms with Crippen LogP contribution in [0.4, 0.5) is 0 Å². The van der Waals surface area contributed by atoms with E-state index in [9.17, 15) is 8.42 Å². The summed E-state index contributed by atoms with van der Waals surface area (Å²) in [5.74, 6) is 0.0796. The fourth-order valence-corrected chi connectivity index (χ4v) is 5.21. The van der Waals surface area contributed by atoms with Crippen LogP contribution in [0.5, 0.6) is 0 Å². The number of hydrogen-bond acceptors (Lipinski definition) is 2. The lowest BCUT2D eigenvalue weighted by atomic mass is 10.0. The molecule has 2 aromatic rings. The van der Waals surface area contributed by atoms with E-state index < -0.39 is 10.0 Å². The highest BCUT2D eigenvalue weighted by molar-refractivity contribution is 7.88. The molecule has 0 radical (unpaired) electrons. The largest absolute Gasteiger partial charge is 0.218 e. The van der Waals surface area contributed by atoms with E-state index in [4.69, 9.17) is 0 Å². The van der Waals surface area contributed by atoms with Gasteiger partial charge in [-0.15, -0.1) is 0 Å². The molecule has 4 heteroatoms. The van der Waals surface area contributed by atoms with E-state index in [0.717, 1.165) is 36.8 Å². The highest BCUT2D eigenvalue weighted by atomic mass is 32.2. The summed E-state index contributed by atoms with van der Waals surface area (Å²) in [5.41, 5.74) is 3.16. The predicted octanol–water partition coefficient (Wildman–Crippen LogP) is 4.44. The van der Waals surface area contributed by atoms with Gasteiger partial charge in [0, 0.05) is 12.6 Å². The molecule has 0 amide bonds. The number of rotatable bonds is 4. The second-order valence-corrected chi connectivity index (χ2v) is 8.55. The van der Waals surface area contributed by atoms with Gasteiger partial charge >= 0.3 is 0 Å². The van der Waals surface area contributed by atoms with E-state index in [0.29, 0.717) is 6.54 Å². The van der Waals surface area contributed by atoms with Crippen LogP contribution in [-0.2, 0) is 15.8 Å². The number of nitrogens with zero attached hydrogens (tertiary/aromatic N) is 1. The first-order valence-corrected chi connectivity index (χ1v) is 10.3. The van der Waals surface area contributed by atoms with Crippen molar-refractivity contribution in [2.45, 2.75) is 44.4 Å². The van der Waals surface area contributed by atoms with Gasteiger partial charge in [-0.25, -0.2) is 8.42 Å². The lowest BCUT2D eigenvalue weighted by Crippen LogP contribution is -2.35. The summed E-state index contributed by atoms with van der Waals surface area (Å²) in [7, 11) is -3.33. The van der Waals surface area contributed by atoms with Crippen LogP contribution >= 0.6 is 0 Å². The minimum absolute atomic E-state index is 0.0400. The molecule has 1 atom stereocenters. The van der Waals surface area contributed by atoms with Gasteiger partial charge in [0.1, 0.15) is 0 Å². The zero-order valence-electron chi connectivity index (χ0n) is 14.2. The monoisotopic (exact) mass is 343 g/mol. The molecular weight excluding hydrogens is 318 g/mol. The zero-order chi connectivity index (χ0) is 17.0. The second-order valence-electron chi connectivity index (χ2n) is 6.63. The van der Waals surface area contributed by atoms with Crippen molar-refractivity contribution in [2.75, 3.05) is 6.54 Å². The lowest BCUT2D eigenvalue weighted by Gasteiger charge is -2.29. The van der Waals surface area contributed by atoms with Crippen LogP contribution in [0, 0.1) is 6.92 Å². The molecule has 1 heterocycles. The summed E-state index contributed by atoms with van der Waals surface area (Å²) in [6.07, 6.45) is 4.02. The van der Waals surface area contributed by atoms with Crippen LogP contribution in [-0.4, -0.2) is 19.3 Å². The molecule has 3 rings (SSSR count). The Labute approximate surface area is 145 Å². The van der Waals surface area contributed by atoms with Crippen LogP contribution in [0.15, 0.2) is 54.6 Å². The number of benzene rings is 2. The lowest BCUT2D eigenvalue weighted by molar-refractivity contribution is 0.328. The summed E-state index contributed by atoms with van der Waals surface area (Å²) in [4.78, 5) is 0. The van der Waals surface area contributed by atoms with E-state index in [-0.39, 0.29) is 11.8 Å². The average Bonchev–Trinajstić information content (AvgIpc) is 2.83.